The molecule has 7 heteroatoms. The summed E-state index contributed by atoms with van der Waals surface area (Å²) in [5.74, 6) is 0.462. The van der Waals surface area contributed by atoms with Crippen LogP contribution in [0.4, 0.5) is 0 Å². The van der Waals surface area contributed by atoms with Crippen LogP contribution in [-0.4, -0.2) is 25.0 Å². The lowest BCUT2D eigenvalue weighted by Gasteiger charge is -2.64. The third-order valence-electron chi connectivity index (χ3n) is 7.09. The minimum absolute atomic E-state index is 0.0263. The highest BCUT2D eigenvalue weighted by Gasteiger charge is 2.64. The number of primary sulfonamides is 1. The van der Waals surface area contributed by atoms with Gasteiger partial charge in [-0.25, -0.2) is 13.6 Å². The van der Waals surface area contributed by atoms with E-state index in [1.165, 1.54) is 12.1 Å². The first kappa shape index (κ1) is 18.9. The van der Waals surface area contributed by atoms with Crippen LogP contribution in [0.5, 0.6) is 0 Å². The van der Waals surface area contributed by atoms with Crippen molar-refractivity contribution < 1.29 is 18.3 Å². The van der Waals surface area contributed by atoms with Crippen molar-refractivity contribution in [1.82, 2.24) is 5.32 Å². The monoisotopic (exact) mass is 392 g/mol. The average molecular weight is 393 g/mol. The summed E-state index contributed by atoms with van der Waals surface area (Å²) in [4.78, 5) is 13.2. The molecule has 5 rings (SSSR count). The summed E-state index contributed by atoms with van der Waals surface area (Å²) < 4.78 is 22.7. The molecular weight excluding hydrogens is 364 g/mol. The number of nitrogens with one attached hydrogen (secondary N) is 1. The second-order valence-electron chi connectivity index (χ2n) is 9.24. The van der Waals surface area contributed by atoms with E-state index in [0.29, 0.717) is 18.9 Å². The maximum absolute atomic E-state index is 13.2. The summed E-state index contributed by atoms with van der Waals surface area (Å²) in [5, 5.41) is 19.2. The molecule has 0 heterocycles. The Bertz CT molecular complexity index is 868. The van der Waals surface area contributed by atoms with Crippen molar-refractivity contribution in [3.05, 3.63) is 29.8 Å². The second-order valence-corrected chi connectivity index (χ2v) is 10.8. The van der Waals surface area contributed by atoms with Crippen molar-refractivity contribution in [1.29, 1.82) is 0 Å². The lowest BCUT2D eigenvalue weighted by Crippen LogP contribution is -2.63. The SMILES string of the molecule is CCC12CC3CC(O)(C1)CC(C(=O)NCc1ccc(S(N)(=O)=O)cc1)(C3)C2. The van der Waals surface area contributed by atoms with E-state index in [9.17, 15) is 18.3 Å². The molecule has 0 saturated heterocycles. The van der Waals surface area contributed by atoms with Crippen molar-refractivity contribution in [2.45, 2.75) is 68.9 Å². The first-order valence-corrected chi connectivity index (χ1v) is 11.2. The molecule has 4 bridgehead atoms. The van der Waals surface area contributed by atoms with Gasteiger partial charge in [-0.2, -0.15) is 0 Å². The Balaban J connectivity index is 1.48. The van der Waals surface area contributed by atoms with E-state index < -0.39 is 21.0 Å². The van der Waals surface area contributed by atoms with Gasteiger partial charge in [-0.3, -0.25) is 4.79 Å². The Kier molecular flexibility index (Phi) is 4.22. The Hall–Kier alpha value is -1.44. The minimum atomic E-state index is -3.71. The zero-order valence-corrected chi connectivity index (χ0v) is 16.5. The Morgan fingerprint density at radius 3 is 2.48 bits per heavy atom. The fourth-order valence-electron chi connectivity index (χ4n) is 6.40. The third-order valence-corrected chi connectivity index (χ3v) is 8.02. The number of nitrogens with two attached hydrogens (primary N) is 1. The largest absolute Gasteiger partial charge is 0.390 e. The summed E-state index contributed by atoms with van der Waals surface area (Å²) in [7, 11) is -3.71. The normalized spacial score (nSPS) is 37.4. The van der Waals surface area contributed by atoms with Crippen molar-refractivity contribution in [2.24, 2.45) is 21.9 Å². The predicted octanol–water partition coefficient (Wildman–Crippen LogP) is 2.06. The van der Waals surface area contributed by atoms with E-state index in [1.54, 1.807) is 12.1 Å². The van der Waals surface area contributed by atoms with Crippen molar-refractivity contribution in [2.75, 3.05) is 0 Å². The Labute approximate surface area is 160 Å². The molecule has 0 aliphatic heterocycles. The fourth-order valence-corrected chi connectivity index (χ4v) is 6.91. The van der Waals surface area contributed by atoms with E-state index in [4.69, 9.17) is 5.14 Å². The number of carbonyl (C=O) groups excluding carboxylic acids is 1. The van der Waals surface area contributed by atoms with Crippen LogP contribution in [-0.2, 0) is 21.4 Å². The van der Waals surface area contributed by atoms with Crippen LogP contribution in [0.15, 0.2) is 29.2 Å². The van der Waals surface area contributed by atoms with Crippen LogP contribution in [0.1, 0.15) is 57.4 Å². The van der Waals surface area contributed by atoms with Crippen LogP contribution in [0, 0.1) is 16.7 Å². The highest BCUT2D eigenvalue weighted by atomic mass is 32.2. The Morgan fingerprint density at radius 1 is 1.19 bits per heavy atom. The predicted molar refractivity (Wildman–Crippen MR) is 101 cm³/mol. The molecule has 148 valence electrons. The number of carbonyl (C=O) groups is 1. The van der Waals surface area contributed by atoms with Gasteiger partial charge in [0.1, 0.15) is 0 Å². The number of benzene rings is 1. The molecule has 4 aliphatic carbocycles. The van der Waals surface area contributed by atoms with Gasteiger partial charge in [0.2, 0.25) is 15.9 Å². The molecule has 0 spiro atoms. The number of aliphatic hydroxyl groups is 1. The molecule has 4 aliphatic rings. The van der Waals surface area contributed by atoms with E-state index in [1.807, 2.05) is 0 Å². The van der Waals surface area contributed by atoms with Gasteiger partial charge in [-0.05, 0) is 67.6 Å². The van der Waals surface area contributed by atoms with Crippen molar-refractivity contribution >= 4 is 15.9 Å². The third kappa shape index (κ3) is 3.30. The minimum Gasteiger partial charge on any atom is -0.390 e. The molecule has 1 aromatic rings. The highest BCUT2D eigenvalue weighted by molar-refractivity contribution is 7.89. The standard InChI is InChI=1S/C20H28N2O4S/c1-2-18-7-15-8-19(11-18,13-20(24,9-15)12-18)17(23)22-10-14-3-5-16(6-4-14)27(21,25)26/h3-6,15,24H,2,7-13H2,1H3,(H,22,23)(H2,21,25,26). The van der Waals surface area contributed by atoms with Gasteiger partial charge in [0.25, 0.3) is 0 Å². The number of sulfonamides is 1. The molecule has 1 aromatic carbocycles. The molecule has 0 radical (unpaired) electrons. The van der Waals surface area contributed by atoms with Gasteiger partial charge in [0.05, 0.1) is 15.9 Å². The van der Waals surface area contributed by atoms with E-state index >= 15 is 0 Å². The summed E-state index contributed by atoms with van der Waals surface area (Å²) in [5.41, 5.74) is -0.235. The number of rotatable bonds is 5. The van der Waals surface area contributed by atoms with Gasteiger partial charge in [-0.1, -0.05) is 25.5 Å². The van der Waals surface area contributed by atoms with Crippen molar-refractivity contribution in [3.8, 4) is 0 Å². The van der Waals surface area contributed by atoms with Gasteiger partial charge >= 0.3 is 0 Å². The van der Waals surface area contributed by atoms with Gasteiger partial charge in [-0.15, -0.1) is 0 Å². The topological polar surface area (TPSA) is 109 Å². The highest BCUT2D eigenvalue weighted by Crippen LogP contribution is 2.67. The summed E-state index contributed by atoms with van der Waals surface area (Å²) in [6, 6.07) is 6.24. The van der Waals surface area contributed by atoms with Gasteiger partial charge < -0.3 is 10.4 Å². The number of hydrogen-bond donors (Lipinski definition) is 3. The fraction of sp³-hybridized carbons (Fsp3) is 0.650. The van der Waals surface area contributed by atoms with Crippen LogP contribution in [0.25, 0.3) is 0 Å². The molecule has 4 unspecified atom stereocenters. The molecule has 4 N–H and O–H groups in total. The summed E-state index contributed by atoms with van der Waals surface area (Å²) in [6.45, 7) is 2.52. The van der Waals surface area contributed by atoms with E-state index in [2.05, 4.69) is 12.2 Å². The van der Waals surface area contributed by atoms with Crippen molar-refractivity contribution in [3.63, 3.8) is 0 Å². The maximum Gasteiger partial charge on any atom is 0.238 e. The number of amides is 1. The average Bonchev–Trinajstić information content (AvgIpc) is 2.57. The quantitative estimate of drug-likeness (QED) is 0.712. The lowest BCUT2D eigenvalue weighted by molar-refractivity contribution is -0.204. The molecule has 4 atom stereocenters. The molecule has 0 aromatic heterocycles. The zero-order valence-electron chi connectivity index (χ0n) is 15.7. The van der Waals surface area contributed by atoms with Crippen LogP contribution < -0.4 is 10.5 Å². The van der Waals surface area contributed by atoms with Crippen LogP contribution in [0.2, 0.25) is 0 Å². The van der Waals surface area contributed by atoms with Crippen LogP contribution >= 0.6 is 0 Å². The van der Waals surface area contributed by atoms with Gasteiger partial charge in [0, 0.05) is 6.54 Å². The summed E-state index contributed by atoms with van der Waals surface area (Å²) >= 11 is 0. The maximum atomic E-state index is 13.2. The molecular formula is C20H28N2O4S. The molecule has 4 saturated carbocycles. The second kappa shape index (κ2) is 6.03. The Morgan fingerprint density at radius 2 is 1.89 bits per heavy atom. The molecule has 1 amide bonds. The summed E-state index contributed by atoms with van der Waals surface area (Å²) in [6.07, 6.45) is 6.11. The number of hydrogen-bond acceptors (Lipinski definition) is 4. The lowest BCUT2D eigenvalue weighted by atomic mass is 9.42. The molecule has 27 heavy (non-hydrogen) atoms. The zero-order chi connectivity index (χ0) is 19.5. The van der Waals surface area contributed by atoms with E-state index in [-0.39, 0.29) is 16.2 Å². The molecule has 4 fully saturated rings. The van der Waals surface area contributed by atoms with Crippen LogP contribution in [0.3, 0.4) is 0 Å². The first-order chi connectivity index (χ1) is 12.6. The molecule has 6 nitrogen and oxygen atoms in total. The van der Waals surface area contributed by atoms with E-state index in [0.717, 1.165) is 44.1 Å². The van der Waals surface area contributed by atoms with Gasteiger partial charge in [0.15, 0.2) is 0 Å². The smallest absolute Gasteiger partial charge is 0.238 e. The first-order valence-electron chi connectivity index (χ1n) is 9.70.